The molecule has 1 N–H and O–H groups in total. The standard InChI is InChI=1S/C14H20N2OS2/c1-2-19-12-4-3-11(7-12)16-13(17)8-15-14(16)10-5-6-18-9-10/h5-6,9,11-12,14-15H,2-4,7-8H2,1H3. The van der Waals surface area contributed by atoms with Crippen LogP contribution < -0.4 is 5.32 Å². The SMILES string of the molecule is CCSC1CCC(N2C(=O)CNC2c2ccsc2)C1. The van der Waals surface area contributed by atoms with Crippen molar-refractivity contribution in [3.63, 3.8) is 0 Å². The topological polar surface area (TPSA) is 32.3 Å². The molecule has 3 rings (SSSR count). The zero-order chi connectivity index (χ0) is 13.2. The maximum atomic E-state index is 12.2. The first kappa shape index (κ1) is 13.5. The molecule has 3 atom stereocenters. The Morgan fingerprint density at radius 2 is 2.42 bits per heavy atom. The van der Waals surface area contributed by atoms with E-state index < -0.39 is 0 Å². The molecule has 2 fully saturated rings. The summed E-state index contributed by atoms with van der Waals surface area (Å²) in [7, 11) is 0. The van der Waals surface area contributed by atoms with Gasteiger partial charge in [0.25, 0.3) is 0 Å². The first-order valence-corrected chi connectivity index (χ1v) is 8.97. The lowest BCUT2D eigenvalue weighted by Gasteiger charge is -2.30. The summed E-state index contributed by atoms with van der Waals surface area (Å²) in [4.78, 5) is 14.3. The molecule has 0 bridgehead atoms. The minimum atomic E-state index is 0.106. The zero-order valence-electron chi connectivity index (χ0n) is 11.2. The Morgan fingerprint density at radius 3 is 3.16 bits per heavy atom. The molecule has 5 heteroatoms. The molecule has 1 aliphatic heterocycles. The Morgan fingerprint density at radius 1 is 1.53 bits per heavy atom. The van der Waals surface area contributed by atoms with Crippen LogP contribution >= 0.6 is 23.1 Å². The molecule has 1 aromatic heterocycles. The molecule has 0 aromatic carbocycles. The van der Waals surface area contributed by atoms with Crippen LogP contribution in [0.15, 0.2) is 16.8 Å². The molecule has 1 amide bonds. The number of nitrogens with one attached hydrogen (secondary N) is 1. The van der Waals surface area contributed by atoms with E-state index in [0.717, 1.165) is 18.1 Å². The number of thioether (sulfide) groups is 1. The predicted octanol–water partition coefficient (Wildman–Crippen LogP) is 2.85. The van der Waals surface area contributed by atoms with Gasteiger partial charge in [-0.3, -0.25) is 10.1 Å². The fraction of sp³-hybridized carbons (Fsp3) is 0.643. The minimum Gasteiger partial charge on any atom is -0.319 e. The van der Waals surface area contributed by atoms with Crippen molar-refractivity contribution in [1.29, 1.82) is 0 Å². The highest BCUT2D eigenvalue weighted by Crippen LogP contribution is 2.37. The van der Waals surface area contributed by atoms with Gasteiger partial charge in [0, 0.05) is 11.3 Å². The summed E-state index contributed by atoms with van der Waals surface area (Å²) in [5.74, 6) is 1.45. The molecule has 0 radical (unpaired) electrons. The Kier molecular flexibility index (Phi) is 4.15. The molecule has 2 heterocycles. The van der Waals surface area contributed by atoms with Crippen LogP contribution in [0.2, 0.25) is 0 Å². The van der Waals surface area contributed by atoms with Gasteiger partial charge in [0.1, 0.15) is 6.17 Å². The summed E-state index contributed by atoms with van der Waals surface area (Å²) in [5, 5.41) is 8.34. The smallest absolute Gasteiger partial charge is 0.238 e. The van der Waals surface area contributed by atoms with Crippen LogP contribution in [0, 0.1) is 0 Å². The molecule has 1 aliphatic carbocycles. The van der Waals surface area contributed by atoms with Gasteiger partial charge in [-0.05, 0) is 47.4 Å². The molecule has 19 heavy (non-hydrogen) atoms. The summed E-state index contributed by atoms with van der Waals surface area (Å²) in [6.07, 6.45) is 3.68. The van der Waals surface area contributed by atoms with Crippen molar-refractivity contribution >= 4 is 29.0 Å². The second-order valence-electron chi connectivity index (χ2n) is 5.19. The van der Waals surface area contributed by atoms with Gasteiger partial charge in [0.05, 0.1) is 6.54 Å². The summed E-state index contributed by atoms with van der Waals surface area (Å²) >= 11 is 3.74. The van der Waals surface area contributed by atoms with Gasteiger partial charge in [-0.25, -0.2) is 0 Å². The maximum absolute atomic E-state index is 12.2. The molecule has 1 saturated heterocycles. The Hall–Kier alpha value is -0.520. The number of amides is 1. The molecular weight excluding hydrogens is 276 g/mol. The molecule has 3 unspecified atom stereocenters. The van der Waals surface area contributed by atoms with Gasteiger partial charge >= 0.3 is 0 Å². The van der Waals surface area contributed by atoms with Crippen LogP contribution in [0.1, 0.15) is 37.9 Å². The summed E-state index contributed by atoms with van der Waals surface area (Å²) in [6.45, 7) is 2.71. The lowest BCUT2D eigenvalue weighted by atomic mass is 10.1. The van der Waals surface area contributed by atoms with Gasteiger partial charge in [0.2, 0.25) is 5.91 Å². The van der Waals surface area contributed by atoms with Crippen LogP contribution in [0.3, 0.4) is 0 Å². The van der Waals surface area contributed by atoms with Crippen LogP contribution in [0.4, 0.5) is 0 Å². The highest BCUT2D eigenvalue weighted by atomic mass is 32.2. The third-order valence-corrected chi connectivity index (χ3v) is 5.96. The van der Waals surface area contributed by atoms with E-state index in [-0.39, 0.29) is 12.1 Å². The van der Waals surface area contributed by atoms with Gasteiger partial charge in [-0.2, -0.15) is 23.1 Å². The summed E-state index contributed by atoms with van der Waals surface area (Å²) in [5.41, 5.74) is 1.24. The normalized spacial score (nSPS) is 31.3. The first-order valence-electron chi connectivity index (χ1n) is 6.98. The first-order chi connectivity index (χ1) is 9.29. The van der Waals surface area contributed by atoms with Gasteiger partial charge in [0.15, 0.2) is 0 Å². The lowest BCUT2D eigenvalue weighted by molar-refractivity contribution is -0.130. The molecule has 1 aromatic rings. The van der Waals surface area contributed by atoms with E-state index in [1.807, 2.05) is 11.8 Å². The third-order valence-electron chi connectivity index (χ3n) is 4.02. The lowest BCUT2D eigenvalue weighted by Crippen LogP contribution is -2.38. The van der Waals surface area contributed by atoms with Crippen molar-refractivity contribution in [2.75, 3.05) is 12.3 Å². The number of rotatable bonds is 4. The van der Waals surface area contributed by atoms with Gasteiger partial charge in [-0.15, -0.1) is 0 Å². The van der Waals surface area contributed by atoms with E-state index >= 15 is 0 Å². The Balaban J connectivity index is 1.73. The number of thiophene rings is 1. The van der Waals surface area contributed by atoms with E-state index in [2.05, 4.69) is 34.0 Å². The average Bonchev–Trinajstić information content (AvgIpc) is 3.08. The maximum Gasteiger partial charge on any atom is 0.238 e. The van der Waals surface area contributed by atoms with Crippen molar-refractivity contribution in [2.45, 2.75) is 43.6 Å². The predicted molar refractivity (Wildman–Crippen MR) is 81.5 cm³/mol. The molecule has 0 spiro atoms. The van der Waals surface area contributed by atoms with E-state index in [0.29, 0.717) is 12.6 Å². The Labute approximate surface area is 122 Å². The van der Waals surface area contributed by atoms with Crippen LogP contribution in [-0.2, 0) is 4.79 Å². The van der Waals surface area contributed by atoms with E-state index in [4.69, 9.17) is 0 Å². The molecular formula is C14H20N2OS2. The average molecular weight is 296 g/mol. The fourth-order valence-electron chi connectivity index (χ4n) is 3.20. The molecule has 1 saturated carbocycles. The van der Waals surface area contributed by atoms with E-state index in [1.54, 1.807) is 11.3 Å². The van der Waals surface area contributed by atoms with Crippen LogP contribution in [0.25, 0.3) is 0 Å². The van der Waals surface area contributed by atoms with Crippen molar-refractivity contribution < 1.29 is 4.79 Å². The number of hydrogen-bond acceptors (Lipinski definition) is 4. The molecule has 3 nitrogen and oxygen atoms in total. The van der Waals surface area contributed by atoms with Gasteiger partial charge < -0.3 is 4.90 Å². The van der Waals surface area contributed by atoms with Crippen LogP contribution in [-0.4, -0.2) is 34.4 Å². The van der Waals surface area contributed by atoms with Crippen molar-refractivity contribution in [3.8, 4) is 0 Å². The third kappa shape index (κ3) is 2.69. The number of hydrogen-bond donors (Lipinski definition) is 1. The number of carbonyl (C=O) groups is 1. The zero-order valence-corrected chi connectivity index (χ0v) is 12.8. The number of carbonyl (C=O) groups excluding carboxylic acids is 1. The number of nitrogens with zero attached hydrogens (tertiary/aromatic N) is 1. The summed E-state index contributed by atoms with van der Waals surface area (Å²) in [6, 6.07) is 2.55. The largest absolute Gasteiger partial charge is 0.319 e. The van der Waals surface area contributed by atoms with Crippen molar-refractivity contribution in [3.05, 3.63) is 22.4 Å². The highest BCUT2D eigenvalue weighted by Gasteiger charge is 2.40. The van der Waals surface area contributed by atoms with Crippen molar-refractivity contribution in [1.82, 2.24) is 10.2 Å². The monoisotopic (exact) mass is 296 g/mol. The Bertz CT molecular complexity index is 435. The van der Waals surface area contributed by atoms with E-state index in [1.165, 1.54) is 17.7 Å². The van der Waals surface area contributed by atoms with E-state index in [9.17, 15) is 4.79 Å². The molecule has 104 valence electrons. The quantitative estimate of drug-likeness (QED) is 0.927. The van der Waals surface area contributed by atoms with Crippen LogP contribution in [0.5, 0.6) is 0 Å². The molecule has 2 aliphatic rings. The van der Waals surface area contributed by atoms with Gasteiger partial charge in [-0.1, -0.05) is 6.92 Å². The second-order valence-corrected chi connectivity index (χ2v) is 7.54. The minimum absolute atomic E-state index is 0.106. The summed E-state index contributed by atoms with van der Waals surface area (Å²) < 4.78 is 0. The second kappa shape index (κ2) is 5.85. The van der Waals surface area contributed by atoms with Crippen molar-refractivity contribution in [2.24, 2.45) is 0 Å². The highest BCUT2D eigenvalue weighted by molar-refractivity contribution is 7.99. The fourth-order valence-corrected chi connectivity index (χ4v) is 5.01.